The Morgan fingerprint density at radius 1 is 1.15 bits per heavy atom. The molecule has 3 nitrogen and oxygen atoms in total. The van der Waals surface area contributed by atoms with Gasteiger partial charge in [-0.1, -0.05) is 49.8 Å². The Balaban J connectivity index is 3.08. The fourth-order valence-electron chi connectivity index (χ4n) is 2.36. The van der Waals surface area contributed by atoms with Crippen molar-refractivity contribution in [2.75, 3.05) is 6.61 Å². The van der Waals surface area contributed by atoms with Gasteiger partial charge in [0.1, 0.15) is 0 Å². The Kier molecular flexibility index (Phi) is 6.40. The van der Waals surface area contributed by atoms with E-state index in [0.29, 0.717) is 0 Å². The van der Waals surface area contributed by atoms with Gasteiger partial charge in [0.2, 0.25) is 0 Å². The highest BCUT2D eigenvalue weighted by Gasteiger charge is 2.26. The first kappa shape index (κ1) is 16.9. The summed E-state index contributed by atoms with van der Waals surface area (Å²) in [6, 6.07) is 6.06. The highest BCUT2D eigenvalue weighted by atomic mass is 16.3. The number of hydrogen-bond donors (Lipinski definition) is 3. The molecule has 0 aliphatic rings. The first-order chi connectivity index (χ1) is 9.38. The van der Waals surface area contributed by atoms with E-state index in [1.165, 1.54) is 0 Å². The molecule has 0 spiro atoms. The average molecular weight is 278 g/mol. The third kappa shape index (κ3) is 4.17. The predicted molar refractivity (Wildman–Crippen MR) is 82.6 cm³/mol. The van der Waals surface area contributed by atoms with Crippen LogP contribution in [0.15, 0.2) is 24.3 Å². The summed E-state index contributed by atoms with van der Waals surface area (Å²) in [5, 5.41) is 29.0. The van der Waals surface area contributed by atoms with Gasteiger partial charge in [0.25, 0.3) is 0 Å². The minimum absolute atomic E-state index is 0.00556. The molecule has 1 aromatic carbocycles. The van der Waals surface area contributed by atoms with E-state index in [2.05, 4.69) is 0 Å². The molecule has 3 heteroatoms. The van der Waals surface area contributed by atoms with E-state index in [1.807, 2.05) is 45.0 Å². The maximum absolute atomic E-state index is 10.4. The van der Waals surface area contributed by atoms with E-state index >= 15 is 0 Å². The zero-order chi connectivity index (χ0) is 15.3. The molecular formula is C17H26O3. The van der Waals surface area contributed by atoms with Crippen LogP contribution in [0.25, 0.3) is 6.08 Å². The maximum atomic E-state index is 10.4. The van der Waals surface area contributed by atoms with Gasteiger partial charge in [0, 0.05) is 11.8 Å². The maximum Gasteiger partial charge on any atom is 0.0656 e. The molecule has 0 aliphatic heterocycles. The lowest BCUT2D eigenvalue weighted by molar-refractivity contribution is 0.0190. The molecule has 0 saturated carbocycles. The van der Waals surface area contributed by atoms with Crippen LogP contribution in [0.2, 0.25) is 0 Å². The van der Waals surface area contributed by atoms with Crippen LogP contribution in [0, 0.1) is 12.8 Å². The molecule has 4 atom stereocenters. The third-order valence-electron chi connectivity index (χ3n) is 3.95. The molecule has 0 amide bonds. The highest BCUT2D eigenvalue weighted by molar-refractivity contribution is 5.56. The van der Waals surface area contributed by atoms with Crippen LogP contribution in [-0.2, 0) is 0 Å². The zero-order valence-electron chi connectivity index (χ0n) is 12.7. The fraction of sp³-hybridized carbons (Fsp3) is 0.529. The van der Waals surface area contributed by atoms with Gasteiger partial charge in [0.05, 0.1) is 18.8 Å². The van der Waals surface area contributed by atoms with Crippen molar-refractivity contribution in [3.63, 3.8) is 0 Å². The second-order valence-electron chi connectivity index (χ2n) is 5.60. The van der Waals surface area contributed by atoms with Crippen LogP contribution >= 0.6 is 0 Å². The summed E-state index contributed by atoms with van der Waals surface area (Å²) < 4.78 is 0. The number of hydrogen-bond acceptors (Lipinski definition) is 3. The summed E-state index contributed by atoms with van der Waals surface area (Å²) in [4.78, 5) is 0. The van der Waals surface area contributed by atoms with Crippen LogP contribution in [0.1, 0.15) is 43.4 Å². The molecule has 0 saturated heterocycles. The highest BCUT2D eigenvalue weighted by Crippen LogP contribution is 2.29. The normalized spacial score (nSPS) is 17.9. The van der Waals surface area contributed by atoms with Crippen molar-refractivity contribution in [3.8, 4) is 0 Å². The summed E-state index contributed by atoms with van der Waals surface area (Å²) in [6.07, 6.45) is 2.40. The SMILES string of the molecule is Cc1ccc([C@H](C)[C@H](O)[C@@H](C)[C@@H](C)O)c(/C=C/CO)c1. The summed E-state index contributed by atoms with van der Waals surface area (Å²) in [5.41, 5.74) is 3.17. The molecule has 0 aliphatic carbocycles. The first-order valence-corrected chi connectivity index (χ1v) is 7.12. The summed E-state index contributed by atoms with van der Waals surface area (Å²) >= 11 is 0. The summed E-state index contributed by atoms with van der Waals surface area (Å²) in [7, 11) is 0. The van der Waals surface area contributed by atoms with E-state index in [4.69, 9.17) is 5.11 Å². The Morgan fingerprint density at radius 2 is 1.80 bits per heavy atom. The molecule has 0 fully saturated rings. The molecule has 1 aromatic rings. The van der Waals surface area contributed by atoms with Gasteiger partial charge in [-0.15, -0.1) is 0 Å². The van der Waals surface area contributed by atoms with Crippen molar-refractivity contribution in [2.45, 2.75) is 45.8 Å². The smallest absolute Gasteiger partial charge is 0.0656 e. The van der Waals surface area contributed by atoms with E-state index in [-0.39, 0.29) is 18.4 Å². The van der Waals surface area contributed by atoms with E-state index in [1.54, 1.807) is 13.0 Å². The van der Waals surface area contributed by atoms with Crippen molar-refractivity contribution >= 4 is 6.08 Å². The molecule has 0 unspecified atom stereocenters. The van der Waals surface area contributed by atoms with Crippen LogP contribution in [-0.4, -0.2) is 34.1 Å². The minimum atomic E-state index is -0.612. The molecular weight excluding hydrogens is 252 g/mol. The van der Waals surface area contributed by atoms with Crippen LogP contribution in [0.5, 0.6) is 0 Å². The molecule has 1 rings (SSSR count). The lowest BCUT2D eigenvalue weighted by Crippen LogP contribution is -2.31. The first-order valence-electron chi connectivity index (χ1n) is 7.12. The number of aliphatic hydroxyl groups excluding tert-OH is 3. The Bertz CT molecular complexity index is 452. The molecule has 0 heterocycles. The Hall–Kier alpha value is -1.16. The Labute approximate surface area is 121 Å². The van der Waals surface area contributed by atoms with E-state index < -0.39 is 12.2 Å². The number of benzene rings is 1. The van der Waals surface area contributed by atoms with Gasteiger partial charge in [-0.2, -0.15) is 0 Å². The molecule has 112 valence electrons. The average Bonchev–Trinajstić information content (AvgIpc) is 2.42. The van der Waals surface area contributed by atoms with Crippen LogP contribution in [0.3, 0.4) is 0 Å². The standard InChI is InChI=1S/C17H26O3/c1-11-7-8-16(15(10-11)6-5-9-18)13(3)17(20)12(2)14(4)19/h5-8,10,12-14,17-20H,9H2,1-4H3/b6-5+/t12-,13-,14+,17+/m0/s1. The third-order valence-corrected chi connectivity index (χ3v) is 3.95. The minimum Gasteiger partial charge on any atom is -0.393 e. The zero-order valence-corrected chi connectivity index (χ0v) is 12.7. The van der Waals surface area contributed by atoms with Gasteiger partial charge >= 0.3 is 0 Å². The number of aliphatic hydroxyl groups is 3. The summed E-state index contributed by atoms with van der Waals surface area (Å²) in [6.45, 7) is 7.52. The summed E-state index contributed by atoms with van der Waals surface area (Å²) in [5.74, 6) is -0.278. The van der Waals surface area contributed by atoms with Crippen LogP contribution in [0.4, 0.5) is 0 Å². The molecule has 20 heavy (non-hydrogen) atoms. The second-order valence-corrected chi connectivity index (χ2v) is 5.60. The van der Waals surface area contributed by atoms with Crippen molar-refractivity contribution in [1.29, 1.82) is 0 Å². The molecule has 0 radical (unpaired) electrons. The van der Waals surface area contributed by atoms with Gasteiger partial charge < -0.3 is 15.3 Å². The van der Waals surface area contributed by atoms with Crippen LogP contribution < -0.4 is 0 Å². The number of rotatable bonds is 6. The molecule has 3 N–H and O–H groups in total. The topological polar surface area (TPSA) is 60.7 Å². The lowest BCUT2D eigenvalue weighted by atomic mass is 9.83. The molecule has 0 aromatic heterocycles. The van der Waals surface area contributed by atoms with Crippen molar-refractivity contribution in [3.05, 3.63) is 41.0 Å². The van der Waals surface area contributed by atoms with Crippen molar-refractivity contribution in [2.24, 2.45) is 5.92 Å². The predicted octanol–water partition coefficient (Wildman–Crippen LogP) is 2.48. The van der Waals surface area contributed by atoms with Gasteiger partial charge in [-0.3, -0.25) is 0 Å². The fourth-order valence-corrected chi connectivity index (χ4v) is 2.36. The van der Waals surface area contributed by atoms with Gasteiger partial charge in [-0.25, -0.2) is 0 Å². The largest absolute Gasteiger partial charge is 0.393 e. The monoisotopic (exact) mass is 278 g/mol. The van der Waals surface area contributed by atoms with Gasteiger partial charge in [-0.05, 0) is 25.0 Å². The lowest BCUT2D eigenvalue weighted by Gasteiger charge is -2.28. The van der Waals surface area contributed by atoms with Gasteiger partial charge in [0.15, 0.2) is 0 Å². The van der Waals surface area contributed by atoms with E-state index in [9.17, 15) is 10.2 Å². The number of aryl methyl sites for hydroxylation is 1. The van der Waals surface area contributed by atoms with E-state index in [0.717, 1.165) is 16.7 Å². The quantitative estimate of drug-likeness (QED) is 0.749. The molecule has 0 bridgehead atoms. The Morgan fingerprint density at radius 3 is 2.35 bits per heavy atom. The van der Waals surface area contributed by atoms with Crippen molar-refractivity contribution in [1.82, 2.24) is 0 Å². The van der Waals surface area contributed by atoms with Crippen molar-refractivity contribution < 1.29 is 15.3 Å². The second kappa shape index (κ2) is 7.58.